The molecule has 0 saturated carbocycles. The summed E-state index contributed by atoms with van der Waals surface area (Å²) < 4.78 is 28.4. The summed E-state index contributed by atoms with van der Waals surface area (Å²) in [6, 6.07) is 4.79. The Morgan fingerprint density at radius 1 is 1.53 bits per heavy atom. The number of aryl methyl sites for hydroxylation is 1. The lowest BCUT2D eigenvalue weighted by Gasteiger charge is -2.12. The minimum Gasteiger partial charge on any atom is -0.433 e. The molecule has 1 aromatic carbocycles. The molecular weight excluding hydrogens is 222 g/mol. The van der Waals surface area contributed by atoms with Crippen molar-refractivity contribution in [3.63, 3.8) is 0 Å². The molecule has 0 bridgehead atoms. The van der Waals surface area contributed by atoms with E-state index in [1.54, 1.807) is 19.1 Å². The van der Waals surface area contributed by atoms with Crippen molar-refractivity contribution in [2.24, 2.45) is 5.73 Å². The zero-order valence-corrected chi connectivity index (χ0v) is 8.78. The summed E-state index contributed by atoms with van der Waals surface area (Å²) >= 11 is 4.61. The van der Waals surface area contributed by atoms with E-state index in [1.165, 1.54) is 6.07 Å². The van der Waals surface area contributed by atoms with Gasteiger partial charge in [-0.2, -0.15) is 8.78 Å². The van der Waals surface area contributed by atoms with E-state index >= 15 is 0 Å². The number of anilines is 1. The normalized spacial score (nSPS) is 10.1. The third-order valence-electron chi connectivity index (χ3n) is 1.61. The Bertz CT molecular complexity index is 371. The SMILES string of the molecule is Cc1ccc(NC(N)=S)c(OC(F)F)c1. The van der Waals surface area contributed by atoms with Gasteiger partial charge in [-0.25, -0.2) is 0 Å². The molecule has 6 heteroatoms. The Morgan fingerprint density at radius 2 is 2.20 bits per heavy atom. The number of nitrogens with one attached hydrogen (secondary N) is 1. The average molecular weight is 232 g/mol. The van der Waals surface area contributed by atoms with E-state index in [2.05, 4.69) is 22.3 Å². The largest absolute Gasteiger partial charge is 0.433 e. The first-order valence-electron chi connectivity index (χ1n) is 4.11. The predicted molar refractivity (Wildman–Crippen MR) is 58.2 cm³/mol. The molecule has 3 nitrogen and oxygen atoms in total. The van der Waals surface area contributed by atoms with Crippen molar-refractivity contribution in [3.05, 3.63) is 23.8 Å². The minimum absolute atomic E-state index is 0.00188. The summed E-state index contributed by atoms with van der Waals surface area (Å²) in [5, 5.41) is 2.55. The lowest BCUT2D eigenvalue weighted by atomic mass is 10.2. The van der Waals surface area contributed by atoms with Gasteiger partial charge in [-0.1, -0.05) is 6.07 Å². The molecule has 82 valence electrons. The van der Waals surface area contributed by atoms with Gasteiger partial charge in [0.2, 0.25) is 0 Å². The number of hydrogen-bond donors (Lipinski definition) is 2. The van der Waals surface area contributed by atoms with Crippen LogP contribution >= 0.6 is 12.2 Å². The van der Waals surface area contributed by atoms with Crippen molar-refractivity contribution in [3.8, 4) is 5.75 Å². The van der Waals surface area contributed by atoms with Gasteiger partial charge < -0.3 is 15.8 Å². The molecule has 0 aliphatic rings. The number of benzene rings is 1. The number of hydrogen-bond acceptors (Lipinski definition) is 2. The molecular formula is C9H10F2N2OS. The highest BCUT2D eigenvalue weighted by Crippen LogP contribution is 2.27. The quantitative estimate of drug-likeness (QED) is 0.785. The fourth-order valence-electron chi connectivity index (χ4n) is 1.06. The summed E-state index contributed by atoms with van der Waals surface area (Å²) in [6.07, 6.45) is 0. The highest BCUT2D eigenvalue weighted by atomic mass is 32.1. The zero-order valence-electron chi connectivity index (χ0n) is 7.96. The molecule has 0 fully saturated rings. The van der Waals surface area contributed by atoms with Crippen LogP contribution in [0.1, 0.15) is 5.56 Å². The number of halogens is 2. The van der Waals surface area contributed by atoms with E-state index in [-0.39, 0.29) is 10.9 Å². The number of ether oxygens (including phenoxy) is 1. The van der Waals surface area contributed by atoms with Gasteiger partial charge in [0, 0.05) is 0 Å². The Kier molecular flexibility index (Phi) is 3.79. The van der Waals surface area contributed by atoms with E-state index in [9.17, 15) is 8.78 Å². The Labute approximate surface area is 91.2 Å². The fraction of sp³-hybridized carbons (Fsp3) is 0.222. The molecule has 15 heavy (non-hydrogen) atoms. The van der Waals surface area contributed by atoms with Crippen LogP contribution in [0.2, 0.25) is 0 Å². The number of nitrogens with two attached hydrogens (primary N) is 1. The van der Waals surface area contributed by atoms with E-state index in [0.29, 0.717) is 5.69 Å². The second-order valence-electron chi connectivity index (χ2n) is 2.87. The van der Waals surface area contributed by atoms with Gasteiger partial charge in [-0.15, -0.1) is 0 Å². The van der Waals surface area contributed by atoms with Gasteiger partial charge in [-0.3, -0.25) is 0 Å². The topological polar surface area (TPSA) is 47.3 Å². The maximum atomic E-state index is 12.1. The maximum Gasteiger partial charge on any atom is 0.387 e. The van der Waals surface area contributed by atoms with Gasteiger partial charge in [0.25, 0.3) is 0 Å². The monoisotopic (exact) mass is 232 g/mol. The number of rotatable bonds is 3. The molecule has 0 atom stereocenters. The van der Waals surface area contributed by atoms with Crippen molar-refractivity contribution in [2.45, 2.75) is 13.5 Å². The van der Waals surface area contributed by atoms with Crippen LogP contribution < -0.4 is 15.8 Å². The molecule has 0 aliphatic carbocycles. The van der Waals surface area contributed by atoms with Gasteiger partial charge in [-0.05, 0) is 36.8 Å². The zero-order chi connectivity index (χ0) is 11.4. The summed E-state index contributed by atoms with van der Waals surface area (Å²) in [5.74, 6) is 0.0257. The lowest BCUT2D eigenvalue weighted by Crippen LogP contribution is -2.19. The molecule has 0 unspecified atom stereocenters. The lowest BCUT2D eigenvalue weighted by molar-refractivity contribution is -0.0493. The van der Waals surface area contributed by atoms with Crippen molar-refractivity contribution in [2.75, 3.05) is 5.32 Å². The highest BCUT2D eigenvalue weighted by molar-refractivity contribution is 7.80. The van der Waals surface area contributed by atoms with Gasteiger partial charge >= 0.3 is 6.61 Å². The van der Waals surface area contributed by atoms with Gasteiger partial charge in [0.15, 0.2) is 5.11 Å². The van der Waals surface area contributed by atoms with Crippen LogP contribution in [0, 0.1) is 6.92 Å². The molecule has 1 aromatic rings. The molecule has 0 spiro atoms. The Balaban J connectivity index is 2.97. The second kappa shape index (κ2) is 4.88. The third kappa shape index (κ3) is 3.67. The van der Waals surface area contributed by atoms with Crippen LogP contribution in [0.15, 0.2) is 18.2 Å². The van der Waals surface area contributed by atoms with Crippen LogP contribution in [-0.2, 0) is 0 Å². The van der Waals surface area contributed by atoms with Crippen molar-refractivity contribution >= 4 is 23.0 Å². The molecule has 0 aromatic heterocycles. The first-order valence-corrected chi connectivity index (χ1v) is 4.52. The van der Waals surface area contributed by atoms with Crippen molar-refractivity contribution < 1.29 is 13.5 Å². The van der Waals surface area contributed by atoms with Crippen LogP contribution in [-0.4, -0.2) is 11.7 Å². The van der Waals surface area contributed by atoms with E-state index in [4.69, 9.17) is 5.73 Å². The molecule has 3 N–H and O–H groups in total. The van der Waals surface area contributed by atoms with Gasteiger partial charge in [0.1, 0.15) is 5.75 Å². The number of thiocarbonyl (C=S) groups is 1. The summed E-state index contributed by atoms with van der Waals surface area (Å²) in [6.45, 7) is -1.11. The summed E-state index contributed by atoms with van der Waals surface area (Å²) in [4.78, 5) is 0. The first-order chi connectivity index (χ1) is 6.99. The van der Waals surface area contributed by atoms with E-state index in [0.717, 1.165) is 5.56 Å². The van der Waals surface area contributed by atoms with Gasteiger partial charge in [0.05, 0.1) is 5.69 Å². The molecule has 1 rings (SSSR count). The maximum absolute atomic E-state index is 12.1. The summed E-state index contributed by atoms with van der Waals surface area (Å²) in [7, 11) is 0. The third-order valence-corrected chi connectivity index (χ3v) is 1.71. The van der Waals surface area contributed by atoms with E-state index in [1.807, 2.05) is 0 Å². The Hall–Kier alpha value is -1.43. The predicted octanol–water partition coefficient (Wildman–Crippen LogP) is 2.25. The van der Waals surface area contributed by atoms with Crippen LogP contribution in [0.4, 0.5) is 14.5 Å². The molecule has 0 heterocycles. The minimum atomic E-state index is -2.88. The van der Waals surface area contributed by atoms with Crippen LogP contribution in [0.5, 0.6) is 5.75 Å². The van der Waals surface area contributed by atoms with Crippen molar-refractivity contribution in [1.82, 2.24) is 0 Å². The fourth-order valence-corrected chi connectivity index (χ4v) is 1.17. The molecule has 0 radical (unpaired) electrons. The van der Waals surface area contributed by atoms with Crippen LogP contribution in [0.25, 0.3) is 0 Å². The van der Waals surface area contributed by atoms with Crippen molar-refractivity contribution in [1.29, 1.82) is 0 Å². The van der Waals surface area contributed by atoms with E-state index < -0.39 is 6.61 Å². The molecule has 0 aliphatic heterocycles. The number of alkyl halides is 2. The molecule has 0 saturated heterocycles. The molecule has 0 amide bonds. The standard InChI is InChI=1S/C9H10F2N2OS/c1-5-2-3-6(13-9(12)15)7(4-5)14-8(10)11/h2-4,8H,1H3,(H3,12,13,15). The van der Waals surface area contributed by atoms with Crippen LogP contribution in [0.3, 0.4) is 0 Å². The smallest absolute Gasteiger partial charge is 0.387 e. The second-order valence-corrected chi connectivity index (χ2v) is 3.31. The average Bonchev–Trinajstić information content (AvgIpc) is 2.08. The first kappa shape index (κ1) is 11.6. The highest BCUT2D eigenvalue weighted by Gasteiger charge is 2.10. The Morgan fingerprint density at radius 3 is 2.73 bits per heavy atom. The summed E-state index contributed by atoms with van der Waals surface area (Å²) in [5.41, 5.74) is 6.37.